The van der Waals surface area contributed by atoms with Gasteiger partial charge in [0.05, 0.1) is 29.4 Å². The van der Waals surface area contributed by atoms with Gasteiger partial charge in [0.1, 0.15) is 10.9 Å². The molecule has 1 saturated heterocycles. The van der Waals surface area contributed by atoms with E-state index in [4.69, 9.17) is 10.5 Å². The molecule has 2 aromatic heterocycles. The number of hydrogen-bond donors (Lipinski definition) is 1. The van der Waals surface area contributed by atoms with E-state index in [0.717, 1.165) is 57.7 Å². The summed E-state index contributed by atoms with van der Waals surface area (Å²) in [6.07, 6.45) is 0. The molecule has 8 heteroatoms. The van der Waals surface area contributed by atoms with Crippen molar-refractivity contribution in [3.63, 3.8) is 0 Å². The Kier molecular flexibility index (Phi) is 5.91. The summed E-state index contributed by atoms with van der Waals surface area (Å²) in [4.78, 5) is 25.8. The van der Waals surface area contributed by atoms with E-state index >= 15 is 0 Å². The van der Waals surface area contributed by atoms with Gasteiger partial charge in [-0.15, -0.1) is 11.3 Å². The first-order chi connectivity index (χ1) is 13.6. The summed E-state index contributed by atoms with van der Waals surface area (Å²) in [5.41, 5.74) is 7.69. The van der Waals surface area contributed by atoms with Crippen molar-refractivity contribution < 1.29 is 9.53 Å². The number of hydrogen-bond acceptors (Lipinski definition) is 8. The number of nitrogens with zero attached hydrogens (tertiary/aromatic N) is 3. The van der Waals surface area contributed by atoms with E-state index < -0.39 is 0 Å². The minimum atomic E-state index is 0.100. The van der Waals surface area contributed by atoms with Gasteiger partial charge < -0.3 is 15.4 Å². The number of anilines is 1. The smallest absolute Gasteiger partial charge is 0.183 e. The van der Waals surface area contributed by atoms with Gasteiger partial charge in [0.2, 0.25) is 0 Å². The summed E-state index contributed by atoms with van der Waals surface area (Å²) in [5.74, 6) is 1.16. The summed E-state index contributed by atoms with van der Waals surface area (Å²) in [6.45, 7) is 5.58. The minimum absolute atomic E-state index is 0.100. The number of nitrogens with two attached hydrogens (primary N) is 1. The molecule has 146 valence electrons. The predicted molar refractivity (Wildman–Crippen MR) is 115 cm³/mol. The van der Waals surface area contributed by atoms with Crippen LogP contribution in [0.4, 0.5) is 5.69 Å². The highest BCUT2D eigenvalue weighted by Gasteiger charge is 2.16. The van der Waals surface area contributed by atoms with Gasteiger partial charge in [-0.1, -0.05) is 11.8 Å². The van der Waals surface area contributed by atoms with Gasteiger partial charge in [0, 0.05) is 35.6 Å². The Labute approximate surface area is 172 Å². The first kappa shape index (κ1) is 19.3. The summed E-state index contributed by atoms with van der Waals surface area (Å²) < 4.78 is 5.45. The third kappa shape index (κ3) is 4.20. The van der Waals surface area contributed by atoms with Crippen LogP contribution >= 0.6 is 23.1 Å². The third-order valence-corrected chi connectivity index (χ3v) is 6.75. The number of carbonyl (C=O) groups excluding carboxylic acids is 1. The number of carbonyl (C=O) groups is 1. The van der Waals surface area contributed by atoms with Crippen LogP contribution in [0.15, 0.2) is 35.4 Å². The molecule has 0 radical (unpaired) electrons. The van der Waals surface area contributed by atoms with E-state index in [2.05, 4.69) is 27.0 Å². The fraction of sp³-hybridized carbons (Fsp3) is 0.350. The Hall–Kier alpha value is -2.00. The molecular weight excluding hydrogens is 392 g/mol. The molecule has 4 rings (SSSR count). The van der Waals surface area contributed by atoms with Crippen LogP contribution in [0, 0.1) is 6.92 Å². The van der Waals surface area contributed by atoms with Gasteiger partial charge >= 0.3 is 0 Å². The summed E-state index contributed by atoms with van der Waals surface area (Å²) in [5, 5.41) is 1.84. The highest BCUT2D eigenvalue weighted by molar-refractivity contribution is 8.00. The lowest BCUT2D eigenvalue weighted by molar-refractivity contribution is 0.102. The molecule has 0 atom stereocenters. The number of thiophene rings is 1. The maximum absolute atomic E-state index is 12.6. The molecule has 0 spiro atoms. The number of Topliss-reactive ketones (excluding diaryl/α,β-unsaturated/α-hetero) is 1. The van der Waals surface area contributed by atoms with Crippen LogP contribution in [0.3, 0.4) is 0 Å². The molecule has 28 heavy (non-hydrogen) atoms. The molecule has 3 heterocycles. The lowest BCUT2D eigenvalue weighted by atomic mass is 10.2. The minimum Gasteiger partial charge on any atom is -0.378 e. The largest absolute Gasteiger partial charge is 0.378 e. The Morgan fingerprint density at radius 2 is 2.07 bits per heavy atom. The standard InChI is InChI=1S/C20H22N4O2S2/c1-13-22-17-4-2-14(24-6-8-26-9-7-24)10-16(17)20(23-13)27-12-18(25)19-5-3-15(11-21)28-19/h2-5,10H,6-9,11-12,21H2,1H3. The fourth-order valence-corrected chi connectivity index (χ4v) is 5.02. The number of morpholine rings is 1. The van der Waals surface area contributed by atoms with Gasteiger partial charge in [-0.05, 0) is 37.3 Å². The summed E-state index contributed by atoms with van der Waals surface area (Å²) in [7, 11) is 0. The molecule has 2 N–H and O–H groups in total. The van der Waals surface area contributed by atoms with E-state index in [0.29, 0.717) is 18.1 Å². The zero-order valence-electron chi connectivity index (χ0n) is 15.7. The van der Waals surface area contributed by atoms with Crippen LogP contribution in [0.2, 0.25) is 0 Å². The van der Waals surface area contributed by atoms with Crippen molar-refractivity contribution in [1.82, 2.24) is 9.97 Å². The molecule has 1 aliphatic rings. The Morgan fingerprint density at radius 1 is 1.25 bits per heavy atom. The topological polar surface area (TPSA) is 81.3 Å². The fourth-order valence-electron chi connectivity index (χ4n) is 3.17. The van der Waals surface area contributed by atoms with Crippen molar-refractivity contribution in [2.75, 3.05) is 37.0 Å². The van der Waals surface area contributed by atoms with Gasteiger partial charge in [-0.3, -0.25) is 4.79 Å². The van der Waals surface area contributed by atoms with Gasteiger partial charge in [0.15, 0.2) is 5.78 Å². The highest BCUT2D eigenvalue weighted by Crippen LogP contribution is 2.30. The lowest BCUT2D eigenvalue weighted by Crippen LogP contribution is -2.36. The Morgan fingerprint density at radius 3 is 2.82 bits per heavy atom. The van der Waals surface area contributed by atoms with Crippen LogP contribution in [-0.4, -0.2) is 47.8 Å². The third-order valence-electron chi connectivity index (χ3n) is 4.61. The molecule has 3 aromatic rings. The molecular formula is C20H22N4O2S2. The van der Waals surface area contributed by atoms with Crippen LogP contribution in [0.25, 0.3) is 10.9 Å². The van der Waals surface area contributed by atoms with E-state index in [1.54, 1.807) is 0 Å². The van der Waals surface area contributed by atoms with Crippen molar-refractivity contribution in [2.45, 2.75) is 18.5 Å². The second kappa shape index (κ2) is 8.57. The monoisotopic (exact) mass is 414 g/mol. The van der Waals surface area contributed by atoms with Gasteiger partial charge in [0.25, 0.3) is 0 Å². The lowest BCUT2D eigenvalue weighted by Gasteiger charge is -2.29. The van der Waals surface area contributed by atoms with Crippen LogP contribution in [0.1, 0.15) is 20.4 Å². The number of aryl methyl sites for hydroxylation is 1. The van der Waals surface area contributed by atoms with Gasteiger partial charge in [-0.25, -0.2) is 9.97 Å². The second-order valence-corrected chi connectivity index (χ2v) is 8.69. The zero-order chi connectivity index (χ0) is 19.5. The number of benzene rings is 1. The van der Waals surface area contributed by atoms with Crippen molar-refractivity contribution in [2.24, 2.45) is 5.73 Å². The second-order valence-electron chi connectivity index (χ2n) is 6.56. The highest BCUT2D eigenvalue weighted by atomic mass is 32.2. The molecule has 0 bridgehead atoms. The SMILES string of the molecule is Cc1nc(SCC(=O)c2ccc(CN)s2)c2cc(N3CCOCC3)ccc2n1. The molecule has 0 aliphatic carbocycles. The Balaban J connectivity index is 1.58. The zero-order valence-corrected chi connectivity index (χ0v) is 17.3. The van der Waals surface area contributed by atoms with E-state index in [1.807, 2.05) is 25.1 Å². The molecule has 1 aliphatic heterocycles. The number of fused-ring (bicyclic) bond motifs is 1. The van der Waals surface area contributed by atoms with Crippen molar-refractivity contribution in [3.05, 3.63) is 45.9 Å². The maximum atomic E-state index is 12.6. The van der Waals surface area contributed by atoms with E-state index in [9.17, 15) is 4.79 Å². The predicted octanol–water partition coefficient (Wildman–Crippen LogP) is 3.27. The summed E-state index contributed by atoms with van der Waals surface area (Å²) >= 11 is 2.94. The first-order valence-corrected chi connectivity index (χ1v) is 11.0. The average molecular weight is 415 g/mol. The van der Waals surface area contributed by atoms with Crippen molar-refractivity contribution in [3.8, 4) is 0 Å². The molecule has 6 nitrogen and oxygen atoms in total. The first-order valence-electron chi connectivity index (χ1n) is 9.20. The molecule has 0 amide bonds. The Bertz CT molecular complexity index is 999. The van der Waals surface area contributed by atoms with Gasteiger partial charge in [-0.2, -0.15) is 0 Å². The normalized spacial score (nSPS) is 14.6. The number of ether oxygens (including phenoxy) is 1. The molecule has 1 fully saturated rings. The maximum Gasteiger partial charge on any atom is 0.183 e. The van der Waals surface area contributed by atoms with Crippen molar-refractivity contribution in [1.29, 1.82) is 0 Å². The number of thioether (sulfide) groups is 1. The van der Waals surface area contributed by atoms with Crippen molar-refractivity contribution >= 4 is 45.5 Å². The number of rotatable bonds is 6. The van der Waals surface area contributed by atoms with E-state index in [-0.39, 0.29) is 5.78 Å². The number of aromatic nitrogens is 2. The molecule has 0 saturated carbocycles. The summed E-state index contributed by atoms with van der Waals surface area (Å²) in [6, 6.07) is 10.0. The van der Waals surface area contributed by atoms with Crippen LogP contribution in [0.5, 0.6) is 0 Å². The van der Waals surface area contributed by atoms with E-state index in [1.165, 1.54) is 23.1 Å². The average Bonchev–Trinajstić information content (AvgIpc) is 3.21. The molecule has 0 unspecified atom stereocenters. The quantitative estimate of drug-likeness (QED) is 0.377. The molecule has 1 aromatic carbocycles. The number of ketones is 1. The van der Waals surface area contributed by atoms with Crippen LogP contribution < -0.4 is 10.6 Å². The van der Waals surface area contributed by atoms with Crippen LogP contribution in [-0.2, 0) is 11.3 Å².